The SMILES string of the molecule is CC1CC(NC(CO)CC(O)C(C)(C)C)CCO1. The topological polar surface area (TPSA) is 61.7 Å². The van der Waals surface area contributed by atoms with Gasteiger partial charge in [-0.15, -0.1) is 0 Å². The molecule has 0 radical (unpaired) electrons. The van der Waals surface area contributed by atoms with Crippen LogP contribution >= 0.6 is 0 Å². The van der Waals surface area contributed by atoms with Gasteiger partial charge in [0.25, 0.3) is 0 Å². The van der Waals surface area contributed by atoms with Crippen molar-refractivity contribution in [3.63, 3.8) is 0 Å². The fraction of sp³-hybridized carbons (Fsp3) is 1.00. The molecule has 0 bridgehead atoms. The van der Waals surface area contributed by atoms with E-state index in [1.165, 1.54) is 0 Å². The van der Waals surface area contributed by atoms with Gasteiger partial charge in [-0.1, -0.05) is 20.8 Å². The van der Waals surface area contributed by atoms with E-state index in [0.717, 1.165) is 19.4 Å². The van der Waals surface area contributed by atoms with E-state index in [1.54, 1.807) is 0 Å². The molecule has 4 atom stereocenters. The first-order chi connectivity index (χ1) is 8.32. The lowest BCUT2D eigenvalue weighted by Crippen LogP contribution is -2.47. The van der Waals surface area contributed by atoms with Crippen molar-refractivity contribution in [2.24, 2.45) is 5.41 Å². The van der Waals surface area contributed by atoms with Gasteiger partial charge in [-0.2, -0.15) is 0 Å². The maximum Gasteiger partial charge on any atom is 0.0604 e. The Kier molecular flexibility index (Phi) is 6.05. The molecule has 0 amide bonds. The summed E-state index contributed by atoms with van der Waals surface area (Å²) in [6, 6.07) is 0.354. The van der Waals surface area contributed by atoms with Gasteiger partial charge in [0.05, 0.1) is 18.8 Å². The first-order valence-corrected chi connectivity index (χ1v) is 6.99. The molecule has 3 N–H and O–H groups in total. The molecular formula is C14H29NO3. The van der Waals surface area contributed by atoms with E-state index in [0.29, 0.717) is 12.5 Å². The van der Waals surface area contributed by atoms with Crippen LogP contribution in [0.3, 0.4) is 0 Å². The maximum absolute atomic E-state index is 10.1. The smallest absolute Gasteiger partial charge is 0.0604 e. The highest BCUT2D eigenvalue weighted by Crippen LogP contribution is 2.23. The number of nitrogens with one attached hydrogen (secondary N) is 1. The highest BCUT2D eigenvalue weighted by molar-refractivity contribution is 4.83. The summed E-state index contributed by atoms with van der Waals surface area (Å²) in [4.78, 5) is 0. The molecule has 108 valence electrons. The number of ether oxygens (including phenoxy) is 1. The summed E-state index contributed by atoms with van der Waals surface area (Å²) < 4.78 is 5.51. The Balaban J connectivity index is 2.41. The molecule has 1 aliphatic rings. The monoisotopic (exact) mass is 259 g/mol. The van der Waals surface area contributed by atoms with Crippen LogP contribution in [0.25, 0.3) is 0 Å². The van der Waals surface area contributed by atoms with Gasteiger partial charge >= 0.3 is 0 Å². The molecule has 1 fully saturated rings. The third-order valence-corrected chi connectivity index (χ3v) is 3.68. The van der Waals surface area contributed by atoms with Gasteiger partial charge in [-0.05, 0) is 31.6 Å². The minimum atomic E-state index is -0.403. The van der Waals surface area contributed by atoms with Crippen LogP contribution in [-0.4, -0.2) is 47.7 Å². The summed E-state index contributed by atoms with van der Waals surface area (Å²) in [6.07, 6.45) is 2.42. The van der Waals surface area contributed by atoms with E-state index in [4.69, 9.17) is 4.74 Å². The van der Waals surface area contributed by atoms with E-state index in [9.17, 15) is 10.2 Å². The van der Waals surface area contributed by atoms with Crippen molar-refractivity contribution >= 4 is 0 Å². The standard InChI is InChI=1S/C14H29NO3/c1-10-7-11(5-6-18-10)15-12(9-16)8-13(17)14(2,3)4/h10-13,15-17H,5-9H2,1-4H3. The largest absolute Gasteiger partial charge is 0.395 e. The van der Waals surface area contributed by atoms with Crippen LogP contribution in [0.5, 0.6) is 0 Å². The summed E-state index contributed by atoms with van der Waals surface area (Å²) in [6.45, 7) is 8.97. The van der Waals surface area contributed by atoms with E-state index in [2.05, 4.69) is 12.2 Å². The summed E-state index contributed by atoms with van der Waals surface area (Å²) in [5, 5.41) is 23.0. The van der Waals surface area contributed by atoms with Crippen molar-refractivity contribution in [2.45, 2.75) is 71.2 Å². The zero-order chi connectivity index (χ0) is 13.8. The summed E-state index contributed by atoms with van der Waals surface area (Å²) in [5.74, 6) is 0. The van der Waals surface area contributed by atoms with Gasteiger partial charge in [0.15, 0.2) is 0 Å². The fourth-order valence-corrected chi connectivity index (χ4v) is 2.30. The molecule has 0 aromatic rings. The molecule has 1 aliphatic heterocycles. The first kappa shape index (κ1) is 15.9. The zero-order valence-electron chi connectivity index (χ0n) is 12.1. The Morgan fingerprint density at radius 2 is 2.06 bits per heavy atom. The molecule has 4 unspecified atom stereocenters. The van der Waals surface area contributed by atoms with Crippen LogP contribution in [-0.2, 0) is 4.74 Å². The number of hydrogen-bond acceptors (Lipinski definition) is 4. The molecule has 0 spiro atoms. The predicted molar refractivity (Wildman–Crippen MR) is 72.5 cm³/mol. The minimum Gasteiger partial charge on any atom is -0.395 e. The maximum atomic E-state index is 10.1. The number of aliphatic hydroxyl groups excluding tert-OH is 2. The zero-order valence-corrected chi connectivity index (χ0v) is 12.1. The molecule has 1 rings (SSSR count). The van der Waals surface area contributed by atoms with E-state index < -0.39 is 6.10 Å². The van der Waals surface area contributed by atoms with Gasteiger partial charge in [-0.25, -0.2) is 0 Å². The van der Waals surface area contributed by atoms with Gasteiger partial charge < -0.3 is 20.3 Å². The highest BCUT2D eigenvalue weighted by Gasteiger charge is 2.27. The van der Waals surface area contributed by atoms with Gasteiger partial charge in [0, 0.05) is 18.7 Å². The Morgan fingerprint density at radius 1 is 1.39 bits per heavy atom. The molecule has 18 heavy (non-hydrogen) atoms. The third kappa shape index (κ3) is 5.22. The van der Waals surface area contributed by atoms with E-state index in [1.807, 2.05) is 20.8 Å². The molecule has 0 aromatic carbocycles. The van der Waals surface area contributed by atoms with Crippen LogP contribution in [0.15, 0.2) is 0 Å². The third-order valence-electron chi connectivity index (χ3n) is 3.68. The second-order valence-corrected chi connectivity index (χ2v) is 6.57. The van der Waals surface area contributed by atoms with Crippen molar-refractivity contribution in [1.29, 1.82) is 0 Å². The van der Waals surface area contributed by atoms with Crippen LogP contribution in [0.4, 0.5) is 0 Å². The molecule has 1 saturated heterocycles. The van der Waals surface area contributed by atoms with Crippen LogP contribution < -0.4 is 5.32 Å². The minimum absolute atomic E-state index is 0.0328. The Hall–Kier alpha value is -0.160. The molecule has 0 saturated carbocycles. The number of rotatable bonds is 5. The molecule has 0 aromatic heterocycles. The second-order valence-electron chi connectivity index (χ2n) is 6.57. The lowest BCUT2D eigenvalue weighted by molar-refractivity contribution is 0.00243. The van der Waals surface area contributed by atoms with Crippen molar-refractivity contribution in [3.05, 3.63) is 0 Å². The normalized spacial score (nSPS) is 29.0. The second kappa shape index (κ2) is 6.85. The van der Waals surface area contributed by atoms with Crippen molar-refractivity contribution in [2.75, 3.05) is 13.2 Å². The lowest BCUT2D eigenvalue weighted by Gasteiger charge is -2.34. The van der Waals surface area contributed by atoms with E-state index in [-0.39, 0.29) is 24.2 Å². The van der Waals surface area contributed by atoms with Gasteiger partial charge in [0.2, 0.25) is 0 Å². The van der Waals surface area contributed by atoms with Crippen LogP contribution in [0.2, 0.25) is 0 Å². The molecule has 4 heteroatoms. The van der Waals surface area contributed by atoms with Gasteiger partial charge in [0.1, 0.15) is 0 Å². The average Bonchev–Trinajstić information content (AvgIpc) is 2.26. The number of aliphatic hydroxyl groups is 2. The van der Waals surface area contributed by atoms with Crippen LogP contribution in [0.1, 0.15) is 47.0 Å². The quantitative estimate of drug-likeness (QED) is 0.696. The Bertz CT molecular complexity index is 240. The van der Waals surface area contributed by atoms with Crippen molar-refractivity contribution in [3.8, 4) is 0 Å². The van der Waals surface area contributed by atoms with Crippen molar-refractivity contribution < 1.29 is 14.9 Å². The fourth-order valence-electron chi connectivity index (χ4n) is 2.30. The number of hydrogen-bond donors (Lipinski definition) is 3. The summed E-state index contributed by atoms with van der Waals surface area (Å²) in [7, 11) is 0. The van der Waals surface area contributed by atoms with E-state index >= 15 is 0 Å². The lowest BCUT2D eigenvalue weighted by atomic mass is 9.85. The predicted octanol–water partition coefficient (Wildman–Crippen LogP) is 1.30. The summed E-state index contributed by atoms with van der Waals surface area (Å²) >= 11 is 0. The molecular weight excluding hydrogens is 230 g/mol. The van der Waals surface area contributed by atoms with Crippen molar-refractivity contribution in [1.82, 2.24) is 5.32 Å². The Morgan fingerprint density at radius 3 is 2.56 bits per heavy atom. The summed E-state index contributed by atoms with van der Waals surface area (Å²) in [5.41, 5.74) is -0.141. The molecule has 0 aliphatic carbocycles. The Labute approximate surface area is 111 Å². The molecule has 1 heterocycles. The first-order valence-electron chi connectivity index (χ1n) is 6.99. The highest BCUT2D eigenvalue weighted by atomic mass is 16.5. The molecule has 4 nitrogen and oxygen atoms in total. The van der Waals surface area contributed by atoms with Crippen LogP contribution in [0, 0.1) is 5.41 Å². The average molecular weight is 259 g/mol. The van der Waals surface area contributed by atoms with Gasteiger partial charge in [-0.3, -0.25) is 0 Å².